The van der Waals surface area contributed by atoms with Crippen molar-refractivity contribution in [3.8, 4) is 5.75 Å². The van der Waals surface area contributed by atoms with E-state index >= 15 is 0 Å². The second-order valence-electron chi connectivity index (χ2n) is 4.54. The van der Waals surface area contributed by atoms with E-state index in [2.05, 4.69) is 22.2 Å². The summed E-state index contributed by atoms with van der Waals surface area (Å²) in [7, 11) is 1.66. The van der Waals surface area contributed by atoms with Crippen LogP contribution in [-0.2, 0) is 13.0 Å². The van der Waals surface area contributed by atoms with Gasteiger partial charge in [0, 0.05) is 12.1 Å². The summed E-state index contributed by atoms with van der Waals surface area (Å²) in [6.07, 6.45) is 3.37. The Kier molecular flexibility index (Phi) is 4.76. The smallest absolute Gasteiger partial charge is 0.134 e. The third-order valence-corrected chi connectivity index (χ3v) is 3.10. The van der Waals surface area contributed by atoms with E-state index in [9.17, 15) is 0 Å². The molecule has 1 heterocycles. The van der Waals surface area contributed by atoms with Gasteiger partial charge in [-0.25, -0.2) is 9.97 Å². The van der Waals surface area contributed by atoms with Crippen molar-refractivity contribution in [3.05, 3.63) is 41.7 Å². The van der Waals surface area contributed by atoms with Gasteiger partial charge in [-0.05, 0) is 24.1 Å². The molecular weight excluding hydrogens is 252 g/mol. The highest BCUT2D eigenvalue weighted by atomic mass is 16.5. The fourth-order valence-electron chi connectivity index (χ4n) is 2.00. The normalized spacial score (nSPS) is 10.3. The fraction of sp³-hybridized carbons (Fsp3) is 0.333. The number of hydrogen-bond acceptors (Lipinski definition) is 5. The number of nitrogens with one attached hydrogen (secondary N) is 1. The van der Waals surface area contributed by atoms with Crippen molar-refractivity contribution >= 4 is 11.6 Å². The molecule has 2 rings (SSSR count). The number of rotatable bonds is 6. The van der Waals surface area contributed by atoms with Crippen molar-refractivity contribution in [1.82, 2.24) is 9.97 Å². The summed E-state index contributed by atoms with van der Waals surface area (Å²) >= 11 is 0. The Labute approximate surface area is 119 Å². The van der Waals surface area contributed by atoms with E-state index < -0.39 is 0 Å². The van der Waals surface area contributed by atoms with Crippen LogP contribution in [0, 0.1) is 0 Å². The van der Waals surface area contributed by atoms with E-state index in [1.807, 2.05) is 24.3 Å². The van der Waals surface area contributed by atoms with Gasteiger partial charge >= 0.3 is 0 Å². The topological polar surface area (TPSA) is 73.1 Å². The molecule has 0 fully saturated rings. The first-order chi connectivity index (χ1) is 9.74. The number of benzene rings is 1. The molecule has 0 saturated heterocycles. The molecule has 106 valence electrons. The average Bonchev–Trinajstić information content (AvgIpc) is 2.48. The number of nitrogens with two attached hydrogens (primary N) is 1. The Hall–Kier alpha value is -2.30. The molecule has 0 unspecified atom stereocenters. The zero-order chi connectivity index (χ0) is 14.4. The average molecular weight is 272 g/mol. The Bertz CT molecular complexity index is 554. The number of aromatic nitrogens is 2. The van der Waals surface area contributed by atoms with Crippen LogP contribution in [0.4, 0.5) is 11.6 Å². The van der Waals surface area contributed by atoms with Gasteiger partial charge in [-0.15, -0.1) is 0 Å². The maximum Gasteiger partial charge on any atom is 0.134 e. The van der Waals surface area contributed by atoms with Gasteiger partial charge in [0.05, 0.1) is 7.11 Å². The second kappa shape index (κ2) is 6.75. The molecule has 0 aliphatic heterocycles. The molecule has 5 nitrogen and oxygen atoms in total. The Morgan fingerprint density at radius 3 is 2.60 bits per heavy atom. The maximum absolute atomic E-state index is 5.91. The molecule has 0 amide bonds. The van der Waals surface area contributed by atoms with Gasteiger partial charge in [0.25, 0.3) is 0 Å². The van der Waals surface area contributed by atoms with Crippen LogP contribution in [-0.4, -0.2) is 17.1 Å². The van der Waals surface area contributed by atoms with Crippen LogP contribution in [0.5, 0.6) is 5.75 Å². The lowest BCUT2D eigenvalue weighted by atomic mass is 10.1. The molecule has 20 heavy (non-hydrogen) atoms. The first kappa shape index (κ1) is 14.1. The standard InChI is InChI=1S/C15H20N4O/c1-3-4-13-14(16)18-10-19-15(13)17-9-11-5-7-12(20-2)8-6-11/h5-8,10H,3-4,9H2,1-2H3,(H3,16,17,18,19). The molecular formula is C15H20N4O. The number of methoxy groups -OCH3 is 1. The van der Waals surface area contributed by atoms with Gasteiger partial charge in [0.2, 0.25) is 0 Å². The second-order valence-corrected chi connectivity index (χ2v) is 4.54. The summed E-state index contributed by atoms with van der Waals surface area (Å²) in [5, 5.41) is 3.32. The third kappa shape index (κ3) is 3.38. The Morgan fingerprint density at radius 2 is 1.95 bits per heavy atom. The molecule has 2 aromatic rings. The minimum Gasteiger partial charge on any atom is -0.497 e. The first-order valence-corrected chi connectivity index (χ1v) is 6.70. The quantitative estimate of drug-likeness (QED) is 0.845. The van der Waals surface area contributed by atoms with Gasteiger partial charge in [-0.2, -0.15) is 0 Å². The summed E-state index contributed by atoms with van der Waals surface area (Å²) in [5.41, 5.74) is 8.05. The third-order valence-electron chi connectivity index (χ3n) is 3.10. The number of anilines is 2. The van der Waals surface area contributed by atoms with Crippen LogP contribution >= 0.6 is 0 Å². The summed E-state index contributed by atoms with van der Waals surface area (Å²) in [6.45, 7) is 2.80. The molecule has 1 aromatic heterocycles. The summed E-state index contributed by atoms with van der Waals surface area (Å²) in [6, 6.07) is 7.93. The SMILES string of the molecule is CCCc1c(N)ncnc1NCc1ccc(OC)cc1. The molecule has 5 heteroatoms. The minimum absolute atomic E-state index is 0.555. The van der Waals surface area contributed by atoms with Gasteiger partial charge in [-0.1, -0.05) is 25.5 Å². The highest BCUT2D eigenvalue weighted by Crippen LogP contribution is 2.20. The van der Waals surface area contributed by atoms with Crippen molar-refractivity contribution in [2.24, 2.45) is 0 Å². The molecule has 3 N–H and O–H groups in total. The maximum atomic E-state index is 5.91. The van der Waals surface area contributed by atoms with Gasteiger partial charge in [-0.3, -0.25) is 0 Å². The summed E-state index contributed by atoms with van der Waals surface area (Å²) in [5.74, 6) is 2.22. The predicted molar refractivity (Wildman–Crippen MR) is 80.8 cm³/mol. The van der Waals surface area contributed by atoms with Crippen molar-refractivity contribution in [3.63, 3.8) is 0 Å². The molecule has 0 aliphatic carbocycles. The molecule has 0 radical (unpaired) electrons. The van der Waals surface area contributed by atoms with Crippen molar-refractivity contribution in [2.45, 2.75) is 26.3 Å². The summed E-state index contributed by atoms with van der Waals surface area (Å²) < 4.78 is 5.14. The van der Waals surface area contributed by atoms with E-state index in [4.69, 9.17) is 10.5 Å². The van der Waals surface area contributed by atoms with Crippen molar-refractivity contribution in [2.75, 3.05) is 18.2 Å². The Balaban J connectivity index is 2.08. The highest BCUT2D eigenvalue weighted by Gasteiger charge is 2.07. The largest absolute Gasteiger partial charge is 0.497 e. The van der Waals surface area contributed by atoms with Crippen molar-refractivity contribution in [1.29, 1.82) is 0 Å². The van der Waals surface area contributed by atoms with Gasteiger partial charge in [0.1, 0.15) is 23.7 Å². The Morgan fingerprint density at radius 1 is 1.20 bits per heavy atom. The molecule has 0 spiro atoms. The van der Waals surface area contributed by atoms with E-state index in [0.29, 0.717) is 12.4 Å². The lowest BCUT2D eigenvalue weighted by molar-refractivity contribution is 0.414. The number of ether oxygens (including phenoxy) is 1. The zero-order valence-corrected chi connectivity index (χ0v) is 11.9. The van der Waals surface area contributed by atoms with Crippen LogP contribution < -0.4 is 15.8 Å². The first-order valence-electron chi connectivity index (χ1n) is 6.70. The molecule has 1 aromatic carbocycles. The molecule has 0 atom stereocenters. The van der Waals surface area contributed by atoms with Crippen molar-refractivity contribution < 1.29 is 4.74 Å². The number of hydrogen-bond donors (Lipinski definition) is 2. The molecule has 0 bridgehead atoms. The van der Waals surface area contributed by atoms with Crippen LogP contribution in [0.2, 0.25) is 0 Å². The monoisotopic (exact) mass is 272 g/mol. The molecule has 0 aliphatic rings. The lowest BCUT2D eigenvalue weighted by Crippen LogP contribution is -2.08. The van der Waals surface area contributed by atoms with Crippen LogP contribution in [0.15, 0.2) is 30.6 Å². The molecule has 0 saturated carbocycles. The van der Waals surface area contributed by atoms with E-state index in [-0.39, 0.29) is 0 Å². The van der Waals surface area contributed by atoms with E-state index in [1.165, 1.54) is 6.33 Å². The zero-order valence-electron chi connectivity index (χ0n) is 11.9. The van der Waals surface area contributed by atoms with Crippen LogP contribution in [0.25, 0.3) is 0 Å². The predicted octanol–water partition coefficient (Wildman–Crippen LogP) is 2.63. The van der Waals surface area contributed by atoms with E-state index in [1.54, 1.807) is 7.11 Å². The minimum atomic E-state index is 0.555. The van der Waals surface area contributed by atoms with Gasteiger partial charge < -0.3 is 15.8 Å². The van der Waals surface area contributed by atoms with Gasteiger partial charge in [0.15, 0.2) is 0 Å². The van der Waals surface area contributed by atoms with E-state index in [0.717, 1.165) is 35.5 Å². The number of nitrogens with zero attached hydrogens (tertiary/aromatic N) is 2. The fourth-order valence-corrected chi connectivity index (χ4v) is 2.00. The van der Waals surface area contributed by atoms with Crippen LogP contribution in [0.1, 0.15) is 24.5 Å². The summed E-state index contributed by atoms with van der Waals surface area (Å²) in [4.78, 5) is 8.33. The number of nitrogen functional groups attached to an aromatic ring is 1. The lowest BCUT2D eigenvalue weighted by Gasteiger charge is -2.12. The highest BCUT2D eigenvalue weighted by molar-refractivity contribution is 5.55. The van der Waals surface area contributed by atoms with Crippen LogP contribution in [0.3, 0.4) is 0 Å².